The average Bonchev–Trinajstić information content (AvgIpc) is 3.15. The van der Waals surface area contributed by atoms with Crippen molar-refractivity contribution in [1.29, 1.82) is 0 Å². The van der Waals surface area contributed by atoms with Gasteiger partial charge in [-0.3, -0.25) is 9.11 Å². The molecule has 2 aromatic heterocycles. The number of nitrogens with zero attached hydrogens (tertiary/aromatic N) is 2. The number of rotatable bonds is 4. The minimum atomic E-state index is -4.32. The average molecular weight is 394 g/mol. The molecule has 1 unspecified atom stereocenters. The molecule has 0 saturated carbocycles. The van der Waals surface area contributed by atoms with Crippen molar-refractivity contribution in [2.24, 2.45) is 0 Å². The van der Waals surface area contributed by atoms with Gasteiger partial charge < -0.3 is 14.2 Å². The zero-order valence-corrected chi connectivity index (χ0v) is 14.3. The Labute approximate surface area is 148 Å². The number of imidazole rings is 2. The summed E-state index contributed by atoms with van der Waals surface area (Å²) in [7, 11) is -4.32. The van der Waals surface area contributed by atoms with Crippen molar-refractivity contribution in [2.45, 2.75) is 4.90 Å². The minimum Gasteiger partial charge on any atom is -0.380 e. The standard InChI is InChI=1S/C14H10N4O6S2/c19-25(20)24-7-1-3-9-11(5-7)17-13(15-9)14-16-10-4-2-8(26(21,22)23)6-12(10)18-14/h1-6H,(H,15,17)(H,16,18)(H,19,20)(H,21,22,23). The molecular formula is C14H10N4O6S2. The summed E-state index contributed by atoms with van der Waals surface area (Å²) in [5.41, 5.74) is 2.04. The number of hydrogen-bond acceptors (Lipinski definition) is 6. The Balaban J connectivity index is 1.78. The van der Waals surface area contributed by atoms with Gasteiger partial charge >= 0.3 is 11.4 Å². The van der Waals surface area contributed by atoms with Crippen molar-refractivity contribution < 1.29 is 25.9 Å². The van der Waals surface area contributed by atoms with Gasteiger partial charge in [0, 0.05) is 6.07 Å². The van der Waals surface area contributed by atoms with E-state index >= 15 is 0 Å². The van der Waals surface area contributed by atoms with E-state index in [1.54, 1.807) is 6.07 Å². The van der Waals surface area contributed by atoms with E-state index in [1.165, 1.54) is 30.3 Å². The molecule has 4 rings (SSSR count). The van der Waals surface area contributed by atoms with Gasteiger partial charge in [0.15, 0.2) is 11.6 Å². The number of aromatic nitrogens is 4. The highest BCUT2D eigenvalue weighted by molar-refractivity contribution is 7.85. The molecular weight excluding hydrogens is 384 g/mol. The van der Waals surface area contributed by atoms with Crippen molar-refractivity contribution >= 4 is 43.5 Å². The first-order chi connectivity index (χ1) is 12.3. The van der Waals surface area contributed by atoms with E-state index in [0.29, 0.717) is 33.7 Å². The smallest absolute Gasteiger partial charge is 0.357 e. The fourth-order valence-corrected chi connectivity index (χ4v) is 3.27. The number of benzene rings is 2. The zero-order chi connectivity index (χ0) is 18.5. The lowest BCUT2D eigenvalue weighted by Gasteiger charge is -1.98. The SMILES string of the molecule is O=S(O)Oc1ccc2nc(-c3nc4ccc(S(=O)(=O)O)cc4[nH]3)[nH]c2c1. The van der Waals surface area contributed by atoms with E-state index in [0.717, 1.165) is 0 Å². The summed E-state index contributed by atoms with van der Waals surface area (Å²) < 4.78 is 55.8. The quantitative estimate of drug-likeness (QED) is 0.302. The van der Waals surface area contributed by atoms with Gasteiger partial charge in [-0.2, -0.15) is 12.6 Å². The molecule has 0 bridgehead atoms. The lowest BCUT2D eigenvalue weighted by Crippen LogP contribution is -1.97. The lowest BCUT2D eigenvalue weighted by atomic mass is 10.3. The molecule has 1 atom stereocenters. The molecule has 0 aliphatic carbocycles. The van der Waals surface area contributed by atoms with Crippen LogP contribution in [0.15, 0.2) is 41.3 Å². The van der Waals surface area contributed by atoms with Crippen LogP contribution in [0, 0.1) is 0 Å². The number of fused-ring (bicyclic) bond motifs is 2. The Morgan fingerprint density at radius 2 is 1.54 bits per heavy atom. The van der Waals surface area contributed by atoms with Crippen LogP contribution in [0.4, 0.5) is 0 Å². The van der Waals surface area contributed by atoms with E-state index in [1.807, 2.05) is 0 Å². The maximum Gasteiger partial charge on any atom is 0.357 e. The van der Waals surface area contributed by atoms with Crippen molar-refractivity contribution in [3.8, 4) is 17.4 Å². The zero-order valence-electron chi connectivity index (χ0n) is 12.7. The van der Waals surface area contributed by atoms with Crippen LogP contribution in [0.25, 0.3) is 33.7 Å². The van der Waals surface area contributed by atoms with Gasteiger partial charge in [0.2, 0.25) is 0 Å². The third kappa shape index (κ3) is 3.06. The molecule has 12 heteroatoms. The monoisotopic (exact) mass is 394 g/mol. The van der Waals surface area contributed by atoms with Crippen LogP contribution in [0.1, 0.15) is 0 Å². The van der Waals surface area contributed by atoms with E-state index in [-0.39, 0.29) is 10.6 Å². The van der Waals surface area contributed by atoms with Crippen LogP contribution < -0.4 is 4.18 Å². The summed E-state index contributed by atoms with van der Waals surface area (Å²) in [5.74, 6) is 0.930. The van der Waals surface area contributed by atoms with Gasteiger partial charge in [0.1, 0.15) is 5.75 Å². The van der Waals surface area contributed by atoms with Crippen LogP contribution in [0.3, 0.4) is 0 Å². The molecule has 4 aromatic rings. The van der Waals surface area contributed by atoms with E-state index < -0.39 is 21.5 Å². The minimum absolute atomic E-state index is 0.191. The largest absolute Gasteiger partial charge is 0.380 e. The highest BCUT2D eigenvalue weighted by Crippen LogP contribution is 2.25. The third-order valence-electron chi connectivity index (χ3n) is 3.60. The molecule has 10 nitrogen and oxygen atoms in total. The number of aromatic amines is 2. The van der Waals surface area contributed by atoms with Gasteiger partial charge in [-0.05, 0) is 30.3 Å². The Kier molecular flexibility index (Phi) is 3.77. The first-order valence-corrected chi connectivity index (χ1v) is 9.53. The third-order valence-corrected chi connectivity index (χ3v) is 4.78. The van der Waals surface area contributed by atoms with Crippen LogP contribution >= 0.6 is 0 Å². The summed E-state index contributed by atoms with van der Waals surface area (Å²) >= 11 is -2.43. The molecule has 0 aliphatic heterocycles. The summed E-state index contributed by atoms with van der Waals surface area (Å²) in [6.07, 6.45) is 0. The van der Waals surface area contributed by atoms with Gasteiger partial charge in [0.25, 0.3) is 10.1 Å². The second kappa shape index (κ2) is 5.88. The van der Waals surface area contributed by atoms with Gasteiger partial charge in [-0.15, -0.1) is 0 Å². The predicted octanol–water partition coefficient (Wildman–Crippen LogP) is 1.87. The molecule has 0 fully saturated rings. The number of nitrogens with one attached hydrogen (secondary N) is 2. The lowest BCUT2D eigenvalue weighted by molar-refractivity contribution is 0.458. The van der Waals surface area contributed by atoms with Crippen LogP contribution in [-0.4, -0.2) is 41.7 Å². The van der Waals surface area contributed by atoms with Crippen molar-refractivity contribution in [3.05, 3.63) is 36.4 Å². The Morgan fingerprint density at radius 3 is 2.12 bits per heavy atom. The fourth-order valence-electron chi connectivity index (χ4n) is 2.50. The molecule has 2 heterocycles. The molecule has 0 amide bonds. The molecule has 4 N–H and O–H groups in total. The highest BCUT2D eigenvalue weighted by Gasteiger charge is 2.14. The molecule has 0 radical (unpaired) electrons. The van der Waals surface area contributed by atoms with Crippen molar-refractivity contribution in [1.82, 2.24) is 19.9 Å². The maximum atomic E-state index is 11.2. The van der Waals surface area contributed by atoms with Crippen LogP contribution in [-0.2, 0) is 21.5 Å². The first-order valence-electron chi connectivity index (χ1n) is 7.06. The van der Waals surface area contributed by atoms with Crippen molar-refractivity contribution in [3.63, 3.8) is 0 Å². The second-order valence-corrected chi connectivity index (χ2v) is 7.33. The number of H-pyrrole nitrogens is 2. The Morgan fingerprint density at radius 1 is 0.962 bits per heavy atom. The molecule has 26 heavy (non-hydrogen) atoms. The Hall–Kier alpha value is -2.80. The topological polar surface area (TPSA) is 158 Å². The molecule has 134 valence electrons. The normalized spacial score (nSPS) is 13.3. The summed E-state index contributed by atoms with van der Waals surface area (Å²) in [6.45, 7) is 0. The fraction of sp³-hybridized carbons (Fsp3) is 0. The highest BCUT2D eigenvalue weighted by atomic mass is 32.2. The van der Waals surface area contributed by atoms with Crippen LogP contribution in [0.2, 0.25) is 0 Å². The van der Waals surface area contributed by atoms with E-state index in [4.69, 9.17) is 13.3 Å². The molecule has 0 saturated heterocycles. The van der Waals surface area contributed by atoms with Gasteiger partial charge in [0.05, 0.1) is 27.0 Å². The molecule has 2 aromatic carbocycles. The second-order valence-electron chi connectivity index (χ2n) is 5.30. The summed E-state index contributed by atoms with van der Waals surface area (Å²) in [4.78, 5) is 14.4. The van der Waals surface area contributed by atoms with E-state index in [2.05, 4.69) is 19.9 Å². The summed E-state index contributed by atoms with van der Waals surface area (Å²) in [6, 6.07) is 8.60. The molecule has 0 spiro atoms. The van der Waals surface area contributed by atoms with Gasteiger partial charge in [-0.1, -0.05) is 0 Å². The van der Waals surface area contributed by atoms with Gasteiger partial charge in [-0.25, -0.2) is 9.97 Å². The summed E-state index contributed by atoms with van der Waals surface area (Å²) in [5, 5.41) is 0. The number of hydrogen-bond donors (Lipinski definition) is 4. The molecule has 0 aliphatic rings. The maximum absolute atomic E-state index is 11.2. The Bertz CT molecular complexity index is 1280. The van der Waals surface area contributed by atoms with Crippen LogP contribution in [0.5, 0.6) is 5.75 Å². The van der Waals surface area contributed by atoms with E-state index in [9.17, 15) is 12.6 Å². The predicted molar refractivity (Wildman–Crippen MR) is 92.4 cm³/mol. The first kappa shape index (κ1) is 16.7. The van der Waals surface area contributed by atoms with Crippen molar-refractivity contribution in [2.75, 3.05) is 0 Å².